The van der Waals surface area contributed by atoms with Crippen molar-refractivity contribution in [3.63, 3.8) is 0 Å². The fourth-order valence-corrected chi connectivity index (χ4v) is 5.84. The molecule has 194 valence electrons. The van der Waals surface area contributed by atoms with Crippen LogP contribution in [-0.2, 0) is 9.53 Å². The third kappa shape index (κ3) is 4.91. The van der Waals surface area contributed by atoms with E-state index in [4.69, 9.17) is 9.15 Å². The summed E-state index contributed by atoms with van der Waals surface area (Å²) < 4.78 is 14.4. The number of aromatic nitrogens is 1. The summed E-state index contributed by atoms with van der Waals surface area (Å²) in [6.07, 6.45) is 1.72. The van der Waals surface area contributed by atoms with Crippen molar-refractivity contribution in [1.82, 2.24) is 4.57 Å². The normalized spacial score (nSPS) is 15.3. The summed E-state index contributed by atoms with van der Waals surface area (Å²) in [7, 11) is 3.92. The summed E-state index contributed by atoms with van der Waals surface area (Å²) >= 11 is 4.75. The Balaban J connectivity index is 1.63. The second-order valence-electron chi connectivity index (χ2n) is 9.00. The fraction of sp³-hybridized carbons (Fsp3) is 0.207. The molecule has 1 aliphatic rings. The Bertz CT molecular complexity index is 1730. The van der Waals surface area contributed by atoms with Gasteiger partial charge in [0.2, 0.25) is 0 Å². The van der Waals surface area contributed by atoms with Gasteiger partial charge in [0, 0.05) is 35.9 Å². The van der Waals surface area contributed by atoms with Gasteiger partial charge in [0.15, 0.2) is 4.80 Å². The van der Waals surface area contributed by atoms with Crippen LogP contribution < -0.4 is 19.8 Å². The van der Waals surface area contributed by atoms with E-state index in [1.807, 2.05) is 79.7 Å². The number of allylic oxidation sites excluding steroid dienone is 1. The molecule has 38 heavy (non-hydrogen) atoms. The van der Waals surface area contributed by atoms with E-state index in [2.05, 4.69) is 20.9 Å². The third-order valence-corrected chi connectivity index (χ3v) is 7.73. The molecule has 0 saturated carbocycles. The summed E-state index contributed by atoms with van der Waals surface area (Å²) in [6, 6.07) is 18.7. The van der Waals surface area contributed by atoms with Crippen molar-refractivity contribution in [3.05, 3.63) is 107 Å². The number of ether oxygens (including phenoxy) is 1. The summed E-state index contributed by atoms with van der Waals surface area (Å²) in [5.74, 6) is 0.775. The number of halogens is 1. The molecule has 9 heteroatoms. The predicted octanol–water partition coefficient (Wildman–Crippen LogP) is 4.89. The summed E-state index contributed by atoms with van der Waals surface area (Å²) in [5.41, 5.74) is 3.39. The molecule has 0 spiro atoms. The van der Waals surface area contributed by atoms with Gasteiger partial charge in [-0.2, -0.15) is 0 Å². The van der Waals surface area contributed by atoms with Gasteiger partial charge in [-0.05, 0) is 55.8 Å². The van der Waals surface area contributed by atoms with E-state index in [0.29, 0.717) is 32.1 Å². The minimum Gasteiger partial charge on any atom is -0.463 e. The predicted molar refractivity (Wildman–Crippen MR) is 153 cm³/mol. The summed E-state index contributed by atoms with van der Waals surface area (Å²) in [6.45, 7) is 3.77. The number of anilines is 1. The zero-order valence-electron chi connectivity index (χ0n) is 21.4. The number of hydrogen-bond donors (Lipinski definition) is 0. The van der Waals surface area contributed by atoms with Gasteiger partial charge in [-0.3, -0.25) is 9.36 Å². The fourth-order valence-electron chi connectivity index (χ4n) is 4.42. The van der Waals surface area contributed by atoms with Crippen LogP contribution in [0.25, 0.3) is 17.4 Å². The van der Waals surface area contributed by atoms with Gasteiger partial charge in [-0.1, -0.05) is 51.5 Å². The Kier molecular flexibility index (Phi) is 7.23. The second kappa shape index (κ2) is 10.6. The smallest absolute Gasteiger partial charge is 0.338 e. The first-order valence-corrected chi connectivity index (χ1v) is 13.7. The van der Waals surface area contributed by atoms with Crippen molar-refractivity contribution in [2.24, 2.45) is 4.99 Å². The molecule has 0 amide bonds. The van der Waals surface area contributed by atoms with Crippen molar-refractivity contribution in [2.45, 2.75) is 19.9 Å². The van der Waals surface area contributed by atoms with Crippen molar-refractivity contribution in [1.29, 1.82) is 0 Å². The molecule has 7 nitrogen and oxygen atoms in total. The number of esters is 1. The lowest BCUT2D eigenvalue weighted by molar-refractivity contribution is -0.139. The van der Waals surface area contributed by atoms with E-state index in [-0.39, 0.29) is 12.2 Å². The molecule has 0 saturated heterocycles. The van der Waals surface area contributed by atoms with E-state index >= 15 is 0 Å². The van der Waals surface area contributed by atoms with Crippen LogP contribution in [0, 0.1) is 0 Å². The molecule has 0 bridgehead atoms. The van der Waals surface area contributed by atoms with Gasteiger partial charge in [-0.25, -0.2) is 9.79 Å². The SMILES string of the molecule is CCOC(=O)C1=C(C)N=c2s/c(=C\c3ccc(-c4cccc(Br)c4)o3)c(=O)n2[C@@H]1c1ccc(N(C)C)cc1. The Morgan fingerprint density at radius 1 is 1.18 bits per heavy atom. The van der Waals surface area contributed by atoms with Gasteiger partial charge in [0.1, 0.15) is 11.5 Å². The standard InChI is InChI=1S/C29H26BrN3O4S/c1-5-36-28(35)25-17(2)31-29-33(26(25)18-9-11-21(12-10-18)32(3)4)27(34)24(38-29)16-22-13-14-23(37-22)19-7-6-8-20(30)15-19/h6-16,26H,5H2,1-4H3/b24-16-/t26-/m1/s1. The highest BCUT2D eigenvalue weighted by Crippen LogP contribution is 2.32. The van der Waals surface area contributed by atoms with Gasteiger partial charge in [0.25, 0.3) is 5.56 Å². The number of carbonyl (C=O) groups excluding carboxylic acids is 1. The quantitative estimate of drug-likeness (QED) is 0.298. The summed E-state index contributed by atoms with van der Waals surface area (Å²) in [4.78, 5) is 34.0. The minimum absolute atomic E-state index is 0.227. The van der Waals surface area contributed by atoms with Crippen molar-refractivity contribution in [2.75, 3.05) is 25.6 Å². The van der Waals surface area contributed by atoms with Gasteiger partial charge < -0.3 is 14.1 Å². The Labute approximate surface area is 232 Å². The first-order chi connectivity index (χ1) is 18.3. The maximum atomic E-state index is 13.8. The largest absolute Gasteiger partial charge is 0.463 e. The van der Waals surface area contributed by atoms with Crippen LogP contribution in [0.1, 0.15) is 31.2 Å². The van der Waals surface area contributed by atoms with Crippen LogP contribution in [0.4, 0.5) is 5.69 Å². The first-order valence-electron chi connectivity index (χ1n) is 12.1. The average molecular weight is 593 g/mol. The maximum absolute atomic E-state index is 13.8. The molecule has 1 atom stereocenters. The lowest BCUT2D eigenvalue weighted by Gasteiger charge is -2.25. The highest BCUT2D eigenvalue weighted by molar-refractivity contribution is 9.10. The molecular formula is C29H26BrN3O4S. The van der Waals surface area contributed by atoms with E-state index < -0.39 is 12.0 Å². The van der Waals surface area contributed by atoms with E-state index in [1.54, 1.807) is 24.5 Å². The minimum atomic E-state index is -0.655. The van der Waals surface area contributed by atoms with Crippen LogP contribution in [-0.4, -0.2) is 31.2 Å². The molecule has 3 heterocycles. The number of thiazole rings is 1. The zero-order valence-corrected chi connectivity index (χ0v) is 23.8. The molecule has 2 aromatic heterocycles. The summed E-state index contributed by atoms with van der Waals surface area (Å²) in [5, 5.41) is 0. The van der Waals surface area contributed by atoms with Gasteiger partial charge in [0.05, 0.1) is 28.5 Å². The molecule has 0 fully saturated rings. The zero-order chi connectivity index (χ0) is 27.0. The number of benzene rings is 2. The van der Waals surface area contributed by atoms with Crippen LogP contribution >= 0.6 is 27.3 Å². The van der Waals surface area contributed by atoms with Crippen LogP contribution in [0.2, 0.25) is 0 Å². The molecule has 2 aromatic carbocycles. The van der Waals surface area contributed by atoms with Crippen LogP contribution in [0.3, 0.4) is 0 Å². The van der Waals surface area contributed by atoms with E-state index in [1.165, 1.54) is 11.3 Å². The van der Waals surface area contributed by atoms with E-state index in [0.717, 1.165) is 21.3 Å². The lowest BCUT2D eigenvalue weighted by atomic mass is 9.95. The Morgan fingerprint density at radius 3 is 2.63 bits per heavy atom. The molecule has 5 rings (SSSR count). The second-order valence-corrected chi connectivity index (χ2v) is 10.9. The van der Waals surface area contributed by atoms with Crippen LogP contribution in [0.5, 0.6) is 0 Å². The molecule has 0 aliphatic carbocycles. The Morgan fingerprint density at radius 2 is 1.95 bits per heavy atom. The molecule has 0 unspecified atom stereocenters. The molecule has 0 radical (unpaired) electrons. The number of furan rings is 1. The number of carbonyl (C=O) groups is 1. The van der Waals surface area contributed by atoms with Gasteiger partial charge >= 0.3 is 5.97 Å². The molecule has 0 N–H and O–H groups in total. The maximum Gasteiger partial charge on any atom is 0.338 e. The average Bonchev–Trinajstić information content (AvgIpc) is 3.48. The first kappa shape index (κ1) is 25.9. The van der Waals surface area contributed by atoms with Crippen molar-refractivity contribution < 1.29 is 13.9 Å². The topological polar surface area (TPSA) is 77.0 Å². The number of nitrogens with zero attached hydrogens (tertiary/aromatic N) is 3. The number of hydrogen-bond acceptors (Lipinski definition) is 7. The molecule has 1 aliphatic heterocycles. The highest BCUT2D eigenvalue weighted by Gasteiger charge is 2.33. The number of fused-ring (bicyclic) bond motifs is 1. The van der Waals surface area contributed by atoms with Crippen molar-refractivity contribution >= 4 is 45.0 Å². The van der Waals surface area contributed by atoms with Crippen LogP contribution in [0.15, 0.2) is 90.6 Å². The lowest BCUT2D eigenvalue weighted by Crippen LogP contribution is -2.39. The number of rotatable bonds is 6. The molecular weight excluding hydrogens is 566 g/mol. The Hall–Kier alpha value is -3.69. The monoisotopic (exact) mass is 591 g/mol. The van der Waals surface area contributed by atoms with E-state index in [9.17, 15) is 9.59 Å². The highest BCUT2D eigenvalue weighted by atomic mass is 79.9. The third-order valence-electron chi connectivity index (χ3n) is 6.25. The van der Waals surface area contributed by atoms with Gasteiger partial charge in [-0.15, -0.1) is 0 Å². The van der Waals surface area contributed by atoms with Crippen molar-refractivity contribution in [3.8, 4) is 11.3 Å². The molecule has 4 aromatic rings.